The van der Waals surface area contributed by atoms with Gasteiger partial charge in [-0.2, -0.15) is 0 Å². The zero-order chi connectivity index (χ0) is 17.3. The first-order valence-corrected chi connectivity index (χ1v) is 9.14. The molecule has 0 amide bonds. The normalized spacial score (nSPS) is 21.0. The van der Waals surface area contributed by atoms with Crippen molar-refractivity contribution in [2.45, 2.75) is 38.8 Å². The fourth-order valence-electron chi connectivity index (χ4n) is 2.77. The molecule has 1 aromatic carbocycles. The highest BCUT2D eigenvalue weighted by molar-refractivity contribution is 7.89. The van der Waals surface area contributed by atoms with Gasteiger partial charge < -0.3 is 9.47 Å². The highest BCUT2D eigenvalue weighted by atomic mass is 32.2. The average molecular weight is 341 g/mol. The van der Waals surface area contributed by atoms with E-state index in [0.717, 1.165) is 5.56 Å². The Hall–Kier alpha value is -1.60. The molecule has 0 radical (unpaired) electrons. The fourth-order valence-corrected chi connectivity index (χ4v) is 4.30. The number of fused-ring (bicyclic) bond motifs is 1. The number of hydrogen-bond donors (Lipinski definition) is 1. The van der Waals surface area contributed by atoms with Crippen molar-refractivity contribution < 1.29 is 22.7 Å². The lowest BCUT2D eigenvalue weighted by atomic mass is 9.90. The van der Waals surface area contributed by atoms with E-state index in [9.17, 15) is 13.2 Å². The van der Waals surface area contributed by atoms with Crippen LogP contribution in [0.1, 0.15) is 38.8 Å². The van der Waals surface area contributed by atoms with Gasteiger partial charge in [0.25, 0.3) is 0 Å². The van der Waals surface area contributed by atoms with Crippen LogP contribution in [-0.4, -0.2) is 32.9 Å². The second kappa shape index (κ2) is 6.49. The Morgan fingerprint density at radius 1 is 1.43 bits per heavy atom. The molecule has 1 aliphatic rings. The van der Waals surface area contributed by atoms with Crippen LogP contribution in [0.3, 0.4) is 0 Å². The van der Waals surface area contributed by atoms with Gasteiger partial charge in [0, 0.05) is 12.0 Å². The molecule has 128 valence electrons. The van der Waals surface area contributed by atoms with Crippen LogP contribution < -0.4 is 9.46 Å². The monoisotopic (exact) mass is 341 g/mol. The zero-order valence-corrected chi connectivity index (χ0v) is 14.6. The number of esters is 1. The highest BCUT2D eigenvalue weighted by Gasteiger charge is 2.36. The van der Waals surface area contributed by atoms with Crippen molar-refractivity contribution in [2.75, 3.05) is 12.9 Å². The maximum atomic E-state index is 12.4. The lowest BCUT2D eigenvalue weighted by molar-refractivity contribution is -0.144. The number of para-hydroxylation sites is 1. The Morgan fingerprint density at radius 2 is 2.09 bits per heavy atom. The molecule has 0 aromatic heterocycles. The molecular formula is C16H23NO5S. The highest BCUT2D eigenvalue weighted by Crippen LogP contribution is 2.39. The third-order valence-corrected chi connectivity index (χ3v) is 5.35. The van der Waals surface area contributed by atoms with Gasteiger partial charge in [-0.3, -0.25) is 4.79 Å². The summed E-state index contributed by atoms with van der Waals surface area (Å²) in [6.45, 7) is 5.37. The van der Waals surface area contributed by atoms with Crippen LogP contribution in [-0.2, 0) is 19.6 Å². The van der Waals surface area contributed by atoms with E-state index in [0.29, 0.717) is 12.2 Å². The first-order valence-electron chi connectivity index (χ1n) is 7.49. The van der Waals surface area contributed by atoms with Crippen molar-refractivity contribution in [1.29, 1.82) is 0 Å². The standard InChI is InChI=1S/C16H23NO5S/c1-11(15(18)21-4)10-23(19,20)17-13-9-16(2,3)22-14-8-6-5-7-12(13)14/h5-8,11,13,17H,9-10H2,1-4H3/t11-,13+/m1/s1. The van der Waals surface area contributed by atoms with Gasteiger partial charge in [0.05, 0.1) is 24.8 Å². The van der Waals surface area contributed by atoms with Gasteiger partial charge in [0.2, 0.25) is 10.0 Å². The number of carbonyl (C=O) groups is 1. The van der Waals surface area contributed by atoms with E-state index in [1.165, 1.54) is 14.0 Å². The molecule has 2 rings (SSSR count). The van der Waals surface area contributed by atoms with E-state index in [1.54, 1.807) is 0 Å². The van der Waals surface area contributed by atoms with Crippen LogP contribution in [0, 0.1) is 5.92 Å². The largest absolute Gasteiger partial charge is 0.487 e. The quantitative estimate of drug-likeness (QED) is 0.829. The summed E-state index contributed by atoms with van der Waals surface area (Å²) >= 11 is 0. The van der Waals surface area contributed by atoms with Gasteiger partial charge in [0.15, 0.2) is 0 Å². The van der Waals surface area contributed by atoms with E-state index in [2.05, 4.69) is 9.46 Å². The Bertz CT molecular complexity index is 683. The zero-order valence-electron chi connectivity index (χ0n) is 13.8. The summed E-state index contributed by atoms with van der Waals surface area (Å²) < 4.78 is 38.0. The minimum atomic E-state index is -3.63. The minimum absolute atomic E-state index is 0.306. The minimum Gasteiger partial charge on any atom is -0.487 e. The number of sulfonamides is 1. The van der Waals surface area contributed by atoms with E-state index in [1.807, 2.05) is 38.1 Å². The third-order valence-electron chi connectivity index (χ3n) is 3.77. The summed E-state index contributed by atoms with van der Waals surface area (Å²) in [6, 6.07) is 6.99. The van der Waals surface area contributed by atoms with Gasteiger partial charge in [-0.25, -0.2) is 13.1 Å². The fraction of sp³-hybridized carbons (Fsp3) is 0.562. The molecule has 1 heterocycles. The maximum absolute atomic E-state index is 12.4. The van der Waals surface area contributed by atoms with E-state index >= 15 is 0 Å². The first-order chi connectivity index (χ1) is 10.6. The summed E-state index contributed by atoms with van der Waals surface area (Å²) in [4.78, 5) is 11.4. The Morgan fingerprint density at radius 3 is 2.74 bits per heavy atom. The smallest absolute Gasteiger partial charge is 0.309 e. The molecule has 0 saturated heterocycles. The van der Waals surface area contributed by atoms with E-state index < -0.39 is 27.5 Å². The molecule has 2 atom stereocenters. The van der Waals surface area contributed by atoms with Crippen molar-refractivity contribution in [2.24, 2.45) is 5.92 Å². The molecular weight excluding hydrogens is 318 g/mol. The Labute approximate surface area is 137 Å². The molecule has 0 spiro atoms. The SMILES string of the molecule is COC(=O)[C@H](C)CS(=O)(=O)N[C@H]1CC(C)(C)Oc2ccccc21. The molecule has 6 nitrogen and oxygen atoms in total. The molecule has 7 heteroatoms. The number of benzene rings is 1. The molecule has 0 fully saturated rings. The van der Waals surface area contributed by atoms with Crippen LogP contribution in [0.25, 0.3) is 0 Å². The van der Waals surface area contributed by atoms with Gasteiger partial charge in [0.1, 0.15) is 11.4 Å². The van der Waals surface area contributed by atoms with Crippen LogP contribution in [0.4, 0.5) is 0 Å². The number of hydrogen-bond acceptors (Lipinski definition) is 5. The van der Waals surface area contributed by atoms with E-state index in [-0.39, 0.29) is 11.8 Å². The molecule has 0 aliphatic carbocycles. The lowest BCUT2D eigenvalue weighted by Gasteiger charge is -2.37. The number of ether oxygens (including phenoxy) is 2. The summed E-state index contributed by atoms with van der Waals surface area (Å²) in [6.07, 6.45) is 0.510. The summed E-state index contributed by atoms with van der Waals surface area (Å²) in [7, 11) is -2.39. The lowest BCUT2D eigenvalue weighted by Crippen LogP contribution is -2.42. The number of rotatable bonds is 5. The molecule has 0 bridgehead atoms. The topological polar surface area (TPSA) is 81.7 Å². The van der Waals surface area contributed by atoms with Crippen molar-refractivity contribution in [3.63, 3.8) is 0 Å². The number of carbonyl (C=O) groups excluding carboxylic acids is 1. The summed E-state index contributed by atoms with van der Waals surface area (Å²) in [5.74, 6) is -0.888. The molecule has 1 aromatic rings. The van der Waals surface area contributed by atoms with Crippen LogP contribution in [0.2, 0.25) is 0 Å². The average Bonchev–Trinajstić information content (AvgIpc) is 2.44. The van der Waals surface area contributed by atoms with E-state index in [4.69, 9.17) is 4.74 Å². The van der Waals surface area contributed by atoms with Gasteiger partial charge in [-0.05, 0) is 19.9 Å². The van der Waals surface area contributed by atoms with Crippen molar-refractivity contribution in [3.8, 4) is 5.75 Å². The molecule has 0 saturated carbocycles. The van der Waals surface area contributed by atoms with Crippen molar-refractivity contribution in [1.82, 2.24) is 4.72 Å². The third kappa shape index (κ3) is 4.45. The molecule has 23 heavy (non-hydrogen) atoms. The molecule has 1 aliphatic heterocycles. The van der Waals surface area contributed by atoms with Crippen LogP contribution in [0.15, 0.2) is 24.3 Å². The Balaban J connectivity index is 2.20. The van der Waals surface area contributed by atoms with Crippen molar-refractivity contribution in [3.05, 3.63) is 29.8 Å². The van der Waals surface area contributed by atoms with Gasteiger partial charge in [-0.15, -0.1) is 0 Å². The predicted molar refractivity (Wildman–Crippen MR) is 86.6 cm³/mol. The van der Waals surface area contributed by atoms with Crippen LogP contribution >= 0.6 is 0 Å². The first kappa shape index (κ1) is 17.7. The molecule has 1 N–H and O–H groups in total. The Kier molecular flexibility index (Phi) is 5.01. The van der Waals surface area contributed by atoms with Crippen LogP contribution in [0.5, 0.6) is 5.75 Å². The maximum Gasteiger partial charge on any atom is 0.309 e. The number of methoxy groups -OCH3 is 1. The van der Waals surface area contributed by atoms with Gasteiger partial charge >= 0.3 is 5.97 Å². The summed E-state index contributed by atoms with van der Waals surface area (Å²) in [5.41, 5.74) is 0.330. The predicted octanol–water partition coefficient (Wildman–Crippen LogP) is 2.02. The number of nitrogens with one attached hydrogen (secondary N) is 1. The second-order valence-electron chi connectivity index (χ2n) is 6.48. The summed E-state index contributed by atoms with van der Waals surface area (Å²) in [5, 5.41) is 0. The molecule has 0 unspecified atom stereocenters. The van der Waals surface area contributed by atoms with Crippen molar-refractivity contribution >= 4 is 16.0 Å². The second-order valence-corrected chi connectivity index (χ2v) is 8.28. The van der Waals surface area contributed by atoms with Gasteiger partial charge in [-0.1, -0.05) is 25.1 Å².